The molecule has 0 fully saturated rings. The van der Waals surface area contributed by atoms with Crippen molar-refractivity contribution >= 4 is 11.9 Å². The lowest BCUT2D eigenvalue weighted by molar-refractivity contribution is -0.164. The van der Waals surface area contributed by atoms with Crippen LogP contribution >= 0.6 is 0 Å². The number of aliphatic hydroxyl groups is 1. The molecule has 0 radical (unpaired) electrons. The van der Waals surface area contributed by atoms with Gasteiger partial charge in [-0.25, -0.2) is 4.79 Å². The molecule has 1 N–H and O–H groups in total. The molecule has 0 saturated heterocycles. The highest BCUT2D eigenvalue weighted by molar-refractivity contribution is 5.81. The van der Waals surface area contributed by atoms with Gasteiger partial charge < -0.3 is 14.6 Å². The summed E-state index contributed by atoms with van der Waals surface area (Å²) in [6.07, 6.45) is -2.39. The molecule has 0 aromatic heterocycles. The van der Waals surface area contributed by atoms with Gasteiger partial charge in [-0.3, -0.25) is 4.79 Å². The van der Waals surface area contributed by atoms with Crippen LogP contribution in [0.25, 0.3) is 0 Å². The Morgan fingerprint density at radius 2 is 1.53 bits per heavy atom. The Balaban J connectivity index is 3.96. The van der Waals surface area contributed by atoms with Gasteiger partial charge in [0.05, 0.1) is 18.6 Å². The van der Waals surface area contributed by atoms with Gasteiger partial charge in [-0.1, -0.05) is 0 Å². The molecule has 0 aliphatic carbocycles. The monoisotopic (exact) mass is 218 g/mol. The average molecular weight is 218 g/mol. The number of aliphatic hydroxyl groups excluding tert-OH is 1. The summed E-state index contributed by atoms with van der Waals surface area (Å²) in [6, 6.07) is 0. The fraction of sp³-hybridized carbons (Fsp3) is 0.800. The largest absolute Gasteiger partial charge is 0.463 e. The van der Waals surface area contributed by atoms with Gasteiger partial charge in [0.15, 0.2) is 6.10 Å². The quantitative estimate of drug-likeness (QED) is 0.685. The number of ether oxygens (including phenoxy) is 2. The van der Waals surface area contributed by atoms with E-state index >= 15 is 0 Å². The van der Waals surface area contributed by atoms with Gasteiger partial charge in [0.2, 0.25) is 0 Å². The fourth-order valence-corrected chi connectivity index (χ4v) is 0.863. The zero-order chi connectivity index (χ0) is 12.0. The minimum Gasteiger partial charge on any atom is -0.463 e. The predicted octanol–water partition coefficient (Wildman–Crippen LogP) is 0.641. The van der Waals surface area contributed by atoms with E-state index in [2.05, 4.69) is 0 Å². The highest BCUT2D eigenvalue weighted by Crippen LogP contribution is 2.02. The van der Waals surface area contributed by atoms with Crippen LogP contribution in [0.4, 0.5) is 0 Å². The summed E-state index contributed by atoms with van der Waals surface area (Å²) < 4.78 is 9.49. The molecule has 0 amide bonds. The molecule has 1 atom stereocenters. The van der Waals surface area contributed by atoms with Crippen molar-refractivity contribution in [3.05, 3.63) is 0 Å². The summed E-state index contributed by atoms with van der Waals surface area (Å²) in [4.78, 5) is 22.2. The highest BCUT2D eigenvalue weighted by Gasteiger charge is 2.22. The van der Waals surface area contributed by atoms with E-state index in [-0.39, 0.29) is 18.6 Å². The van der Waals surface area contributed by atoms with Crippen LogP contribution < -0.4 is 0 Å². The van der Waals surface area contributed by atoms with Crippen LogP contribution in [0.3, 0.4) is 0 Å². The number of rotatable bonds is 5. The predicted molar refractivity (Wildman–Crippen MR) is 53.1 cm³/mol. The number of carbonyl (C=O) groups excluding carboxylic acids is 2. The van der Waals surface area contributed by atoms with Crippen molar-refractivity contribution in [1.29, 1.82) is 0 Å². The summed E-state index contributed by atoms with van der Waals surface area (Å²) in [5, 5.41) is 9.27. The van der Waals surface area contributed by atoms with Crippen LogP contribution in [-0.2, 0) is 19.1 Å². The Kier molecular flexibility index (Phi) is 5.93. The Bertz CT molecular complexity index is 222. The van der Waals surface area contributed by atoms with E-state index < -0.39 is 18.0 Å². The fourth-order valence-electron chi connectivity index (χ4n) is 0.863. The Hall–Kier alpha value is -1.10. The van der Waals surface area contributed by atoms with E-state index in [0.29, 0.717) is 0 Å². The van der Waals surface area contributed by atoms with E-state index in [1.54, 1.807) is 27.7 Å². The third kappa shape index (κ3) is 6.90. The molecule has 15 heavy (non-hydrogen) atoms. The Morgan fingerprint density at radius 1 is 1.07 bits per heavy atom. The number of esters is 2. The number of carbonyl (C=O) groups is 2. The maximum Gasteiger partial charge on any atom is 0.335 e. The number of hydrogen-bond donors (Lipinski definition) is 1. The van der Waals surface area contributed by atoms with Crippen molar-refractivity contribution in [2.24, 2.45) is 0 Å². The molecule has 0 aromatic carbocycles. The van der Waals surface area contributed by atoms with Gasteiger partial charge in [-0.2, -0.15) is 0 Å². The molecular weight excluding hydrogens is 200 g/mol. The van der Waals surface area contributed by atoms with Gasteiger partial charge in [0.25, 0.3) is 0 Å². The van der Waals surface area contributed by atoms with E-state index in [1.165, 1.54) is 0 Å². The van der Waals surface area contributed by atoms with E-state index in [0.717, 1.165) is 0 Å². The Morgan fingerprint density at radius 3 is 1.93 bits per heavy atom. The van der Waals surface area contributed by atoms with Crippen molar-refractivity contribution in [3.8, 4) is 0 Å². The lowest BCUT2D eigenvalue weighted by Crippen LogP contribution is -2.29. The van der Waals surface area contributed by atoms with Gasteiger partial charge in [0.1, 0.15) is 0 Å². The molecule has 1 unspecified atom stereocenters. The zero-order valence-corrected chi connectivity index (χ0v) is 9.52. The van der Waals surface area contributed by atoms with Crippen LogP contribution in [0, 0.1) is 0 Å². The highest BCUT2D eigenvalue weighted by atomic mass is 16.6. The molecule has 0 saturated carbocycles. The van der Waals surface area contributed by atoms with Crippen molar-refractivity contribution in [2.75, 3.05) is 0 Å². The molecule has 0 bridgehead atoms. The molecule has 0 rings (SSSR count). The third-order valence-corrected chi connectivity index (χ3v) is 1.35. The standard InChI is InChI=1S/C10H18O5/c1-6(2)14-9(12)5-8(11)10(13)15-7(3)4/h6-8,11H,5H2,1-4H3. The molecule has 0 heterocycles. The zero-order valence-electron chi connectivity index (χ0n) is 9.52. The van der Waals surface area contributed by atoms with E-state index in [4.69, 9.17) is 9.47 Å². The van der Waals surface area contributed by atoms with Crippen LogP contribution in [0.5, 0.6) is 0 Å². The second-order valence-electron chi connectivity index (χ2n) is 3.74. The summed E-state index contributed by atoms with van der Waals surface area (Å²) in [6.45, 7) is 6.71. The minimum atomic E-state index is -1.45. The first-order chi connectivity index (χ1) is 6.82. The lowest BCUT2D eigenvalue weighted by Gasteiger charge is -2.13. The third-order valence-electron chi connectivity index (χ3n) is 1.35. The topological polar surface area (TPSA) is 72.8 Å². The minimum absolute atomic E-state index is 0.259. The molecule has 5 nitrogen and oxygen atoms in total. The van der Waals surface area contributed by atoms with Gasteiger partial charge in [-0.15, -0.1) is 0 Å². The maximum absolute atomic E-state index is 11.1. The Labute approximate surface area is 89.4 Å². The molecule has 0 spiro atoms. The summed E-state index contributed by atoms with van der Waals surface area (Å²) >= 11 is 0. The van der Waals surface area contributed by atoms with E-state index in [9.17, 15) is 14.7 Å². The van der Waals surface area contributed by atoms with Crippen molar-refractivity contribution < 1.29 is 24.2 Å². The van der Waals surface area contributed by atoms with Crippen LogP contribution in [0.2, 0.25) is 0 Å². The average Bonchev–Trinajstić information content (AvgIpc) is 2.00. The maximum atomic E-state index is 11.1. The summed E-state index contributed by atoms with van der Waals surface area (Å²) in [7, 11) is 0. The number of hydrogen-bond acceptors (Lipinski definition) is 5. The SMILES string of the molecule is CC(C)OC(=O)CC(O)C(=O)OC(C)C. The molecule has 88 valence electrons. The normalized spacial score (nSPS) is 12.7. The summed E-state index contributed by atoms with van der Waals surface area (Å²) in [5.41, 5.74) is 0. The van der Waals surface area contributed by atoms with Crippen molar-refractivity contribution in [3.63, 3.8) is 0 Å². The molecule has 5 heteroatoms. The van der Waals surface area contributed by atoms with Gasteiger partial charge >= 0.3 is 11.9 Å². The second-order valence-corrected chi connectivity index (χ2v) is 3.74. The summed E-state index contributed by atoms with van der Waals surface area (Å²) in [5.74, 6) is -1.41. The van der Waals surface area contributed by atoms with Gasteiger partial charge in [0, 0.05) is 0 Å². The van der Waals surface area contributed by atoms with Crippen LogP contribution in [0.15, 0.2) is 0 Å². The van der Waals surface area contributed by atoms with E-state index in [1.807, 2.05) is 0 Å². The first-order valence-corrected chi connectivity index (χ1v) is 4.91. The van der Waals surface area contributed by atoms with Gasteiger partial charge in [-0.05, 0) is 27.7 Å². The van der Waals surface area contributed by atoms with Crippen molar-refractivity contribution in [1.82, 2.24) is 0 Å². The molecule has 0 aliphatic rings. The second kappa shape index (κ2) is 6.40. The first-order valence-electron chi connectivity index (χ1n) is 4.91. The smallest absolute Gasteiger partial charge is 0.335 e. The first kappa shape index (κ1) is 13.9. The lowest BCUT2D eigenvalue weighted by atomic mass is 10.2. The van der Waals surface area contributed by atoms with Crippen LogP contribution in [0.1, 0.15) is 34.1 Å². The molecule has 0 aromatic rings. The van der Waals surface area contributed by atoms with Crippen molar-refractivity contribution in [2.45, 2.75) is 52.4 Å². The van der Waals surface area contributed by atoms with Crippen LogP contribution in [-0.4, -0.2) is 35.4 Å². The molecular formula is C10H18O5. The molecule has 0 aliphatic heterocycles.